The van der Waals surface area contributed by atoms with E-state index in [1.807, 2.05) is 27.0 Å². The standard InChI is InChI=1S/C11H14F2.C11H17N.2C3H8/c1-7-9(12)5-8(6-10(7)13)11(2,3)4;1-8-6-10(11(3,4)5)12-7-9(8)2;2*1-3-2/h5-6H,1-4H3;6-7H,1-5H3;2*3H2,1-2H3. The highest BCUT2D eigenvalue weighted by Gasteiger charge is 2.17. The van der Waals surface area contributed by atoms with Crippen LogP contribution < -0.4 is 0 Å². The van der Waals surface area contributed by atoms with Crippen LogP contribution in [0.5, 0.6) is 0 Å². The van der Waals surface area contributed by atoms with E-state index in [1.165, 1.54) is 48.7 Å². The van der Waals surface area contributed by atoms with Crippen molar-refractivity contribution in [2.45, 2.75) is 114 Å². The van der Waals surface area contributed by atoms with Crippen LogP contribution in [0.3, 0.4) is 0 Å². The molecule has 178 valence electrons. The van der Waals surface area contributed by atoms with Crippen molar-refractivity contribution < 1.29 is 8.78 Å². The number of aromatic nitrogens is 1. The quantitative estimate of drug-likeness (QED) is 0.401. The average Bonchev–Trinajstić information content (AvgIpc) is 2.62. The van der Waals surface area contributed by atoms with Crippen molar-refractivity contribution >= 4 is 0 Å². The molecule has 3 heteroatoms. The van der Waals surface area contributed by atoms with Crippen molar-refractivity contribution in [1.29, 1.82) is 0 Å². The van der Waals surface area contributed by atoms with Crippen LogP contribution in [0.15, 0.2) is 24.4 Å². The van der Waals surface area contributed by atoms with E-state index in [4.69, 9.17) is 0 Å². The van der Waals surface area contributed by atoms with Gasteiger partial charge in [0.25, 0.3) is 0 Å². The summed E-state index contributed by atoms with van der Waals surface area (Å²) in [5, 5.41) is 0. The second-order valence-electron chi connectivity index (χ2n) is 10.1. The van der Waals surface area contributed by atoms with Gasteiger partial charge in [0.15, 0.2) is 0 Å². The number of hydrogen-bond donors (Lipinski definition) is 0. The van der Waals surface area contributed by atoms with E-state index in [9.17, 15) is 8.78 Å². The van der Waals surface area contributed by atoms with Gasteiger partial charge in [0.05, 0.1) is 0 Å². The number of halogens is 2. The molecular weight excluding hydrogens is 388 g/mol. The van der Waals surface area contributed by atoms with E-state index in [1.54, 1.807) is 0 Å². The summed E-state index contributed by atoms with van der Waals surface area (Å²) < 4.78 is 26.3. The predicted molar refractivity (Wildman–Crippen MR) is 134 cm³/mol. The van der Waals surface area contributed by atoms with Gasteiger partial charge in [-0.2, -0.15) is 0 Å². The molecule has 0 radical (unpaired) electrons. The number of rotatable bonds is 0. The van der Waals surface area contributed by atoms with Crippen molar-refractivity contribution in [2.75, 3.05) is 0 Å². The zero-order valence-electron chi connectivity index (χ0n) is 22.4. The number of benzene rings is 1. The van der Waals surface area contributed by atoms with Crippen LogP contribution in [-0.2, 0) is 10.8 Å². The number of hydrogen-bond acceptors (Lipinski definition) is 1. The molecule has 0 saturated carbocycles. The maximum atomic E-state index is 13.1. The van der Waals surface area contributed by atoms with E-state index >= 15 is 0 Å². The fourth-order valence-electron chi connectivity index (χ4n) is 2.11. The van der Waals surface area contributed by atoms with Crippen LogP contribution in [0.2, 0.25) is 0 Å². The molecule has 0 aliphatic rings. The Labute approximate surface area is 191 Å². The molecule has 0 saturated heterocycles. The van der Waals surface area contributed by atoms with Crippen molar-refractivity contribution in [3.63, 3.8) is 0 Å². The number of pyridine rings is 1. The Kier molecular flexibility index (Phi) is 14.5. The Hall–Kier alpha value is -1.77. The summed E-state index contributed by atoms with van der Waals surface area (Å²) in [5.41, 5.74) is 4.50. The third-order valence-corrected chi connectivity index (χ3v) is 4.29. The molecule has 1 nitrogen and oxygen atoms in total. The first kappa shape index (κ1) is 31.4. The number of nitrogens with zero attached hydrogens (tertiary/aromatic N) is 1. The fourth-order valence-corrected chi connectivity index (χ4v) is 2.11. The molecule has 1 aromatic carbocycles. The predicted octanol–water partition coefficient (Wildman–Crippen LogP) is 9.40. The monoisotopic (exact) mass is 435 g/mol. The normalized spacial score (nSPS) is 10.7. The van der Waals surface area contributed by atoms with E-state index in [2.05, 4.69) is 73.4 Å². The Bertz CT molecular complexity index is 741. The molecule has 31 heavy (non-hydrogen) atoms. The lowest BCUT2D eigenvalue weighted by molar-refractivity contribution is 0.536. The Morgan fingerprint density at radius 2 is 1.06 bits per heavy atom. The van der Waals surface area contributed by atoms with Crippen LogP contribution in [0.25, 0.3) is 0 Å². The lowest BCUT2D eigenvalue weighted by atomic mass is 9.86. The van der Waals surface area contributed by atoms with Crippen molar-refractivity contribution in [3.05, 3.63) is 64.0 Å². The third-order valence-electron chi connectivity index (χ3n) is 4.29. The molecule has 0 bridgehead atoms. The third kappa shape index (κ3) is 12.6. The van der Waals surface area contributed by atoms with Crippen LogP contribution in [-0.4, -0.2) is 4.98 Å². The molecule has 1 heterocycles. The zero-order chi connectivity index (χ0) is 25.0. The van der Waals surface area contributed by atoms with Crippen molar-refractivity contribution in [2.24, 2.45) is 0 Å². The smallest absolute Gasteiger partial charge is 0.129 e. The molecule has 1 aromatic heterocycles. The summed E-state index contributed by atoms with van der Waals surface area (Å²) >= 11 is 0. The molecule has 0 N–H and O–H groups in total. The minimum absolute atomic E-state index is 0.0907. The molecule has 0 fully saturated rings. The first-order chi connectivity index (χ1) is 14.1. The van der Waals surface area contributed by atoms with Gasteiger partial charge in [-0.1, -0.05) is 82.1 Å². The van der Waals surface area contributed by atoms with Gasteiger partial charge >= 0.3 is 0 Å². The van der Waals surface area contributed by atoms with E-state index in [0.29, 0.717) is 5.56 Å². The topological polar surface area (TPSA) is 12.9 Å². The molecule has 0 spiro atoms. The van der Waals surface area contributed by atoms with E-state index in [-0.39, 0.29) is 16.4 Å². The van der Waals surface area contributed by atoms with E-state index < -0.39 is 11.6 Å². The first-order valence-electron chi connectivity index (χ1n) is 11.5. The minimum atomic E-state index is -0.468. The van der Waals surface area contributed by atoms with Gasteiger partial charge in [-0.15, -0.1) is 0 Å². The van der Waals surface area contributed by atoms with E-state index in [0.717, 1.165) is 0 Å². The zero-order valence-corrected chi connectivity index (χ0v) is 22.4. The van der Waals surface area contributed by atoms with Crippen LogP contribution in [0.4, 0.5) is 8.78 Å². The largest absolute Gasteiger partial charge is 0.260 e. The van der Waals surface area contributed by atoms with Crippen LogP contribution in [0.1, 0.15) is 110 Å². The maximum Gasteiger partial charge on any atom is 0.129 e. The van der Waals surface area contributed by atoms with Gasteiger partial charge in [-0.05, 0) is 61.1 Å². The molecule has 0 aliphatic heterocycles. The highest BCUT2D eigenvalue weighted by Crippen LogP contribution is 2.25. The van der Waals surface area contributed by atoms with Gasteiger partial charge < -0.3 is 0 Å². The Balaban J connectivity index is 0. The Morgan fingerprint density at radius 3 is 1.35 bits per heavy atom. The molecule has 2 rings (SSSR count). The van der Waals surface area contributed by atoms with Gasteiger partial charge in [-0.25, -0.2) is 8.78 Å². The van der Waals surface area contributed by atoms with Gasteiger partial charge in [0, 0.05) is 22.9 Å². The second-order valence-corrected chi connectivity index (χ2v) is 10.1. The molecule has 0 aliphatic carbocycles. The summed E-state index contributed by atoms with van der Waals surface area (Å²) in [6, 6.07) is 4.98. The van der Waals surface area contributed by atoms with Crippen LogP contribution in [0, 0.1) is 32.4 Å². The summed E-state index contributed by atoms with van der Waals surface area (Å²) in [5.74, 6) is -0.935. The second kappa shape index (κ2) is 14.3. The highest BCUT2D eigenvalue weighted by molar-refractivity contribution is 5.29. The number of aryl methyl sites for hydroxylation is 2. The molecule has 2 aromatic rings. The van der Waals surface area contributed by atoms with Gasteiger partial charge in [0.1, 0.15) is 11.6 Å². The summed E-state index contributed by atoms with van der Waals surface area (Å²) in [6.45, 7) is 26.5. The maximum absolute atomic E-state index is 13.1. The first-order valence-corrected chi connectivity index (χ1v) is 11.5. The summed E-state index contributed by atoms with van der Waals surface area (Å²) in [4.78, 5) is 4.41. The molecule has 0 unspecified atom stereocenters. The van der Waals surface area contributed by atoms with Crippen molar-refractivity contribution in [1.82, 2.24) is 4.98 Å². The SMILES string of the molecule is CCC.CCC.Cc1c(F)cc(C(C)(C)C)cc1F.Cc1cnc(C(C)(C)C)cc1C. The Morgan fingerprint density at radius 1 is 0.677 bits per heavy atom. The molecule has 0 amide bonds. The highest BCUT2D eigenvalue weighted by atomic mass is 19.1. The average molecular weight is 436 g/mol. The summed E-state index contributed by atoms with van der Waals surface area (Å²) in [6.07, 6.45) is 4.45. The van der Waals surface area contributed by atoms with Gasteiger partial charge in [0.2, 0.25) is 0 Å². The molecule has 0 atom stereocenters. The molecular formula is C28H47F2N. The summed E-state index contributed by atoms with van der Waals surface area (Å²) in [7, 11) is 0. The lowest BCUT2D eigenvalue weighted by Crippen LogP contribution is -2.13. The van der Waals surface area contributed by atoms with Crippen molar-refractivity contribution in [3.8, 4) is 0 Å². The lowest BCUT2D eigenvalue weighted by Gasteiger charge is -2.19. The van der Waals surface area contributed by atoms with Crippen LogP contribution >= 0.6 is 0 Å². The fraction of sp³-hybridized carbons (Fsp3) is 0.607. The van der Waals surface area contributed by atoms with Gasteiger partial charge in [-0.3, -0.25) is 4.98 Å². The minimum Gasteiger partial charge on any atom is -0.260 e.